The summed E-state index contributed by atoms with van der Waals surface area (Å²) in [5.74, 6) is 0. The molecule has 0 amide bonds. The molecular formula is C11H22ClO4P. The Bertz CT molecular complexity index is 275. The van der Waals surface area contributed by atoms with Gasteiger partial charge in [-0.1, -0.05) is 17.7 Å². The van der Waals surface area contributed by atoms with Crippen LogP contribution in [0, 0.1) is 0 Å². The molecule has 0 aromatic rings. The van der Waals surface area contributed by atoms with Crippen LogP contribution in [0.25, 0.3) is 0 Å². The van der Waals surface area contributed by atoms with Crippen molar-refractivity contribution in [3.8, 4) is 0 Å². The molecule has 0 rings (SSSR count). The van der Waals surface area contributed by atoms with Gasteiger partial charge in [0, 0.05) is 0 Å². The van der Waals surface area contributed by atoms with E-state index in [4.69, 9.17) is 25.4 Å². The van der Waals surface area contributed by atoms with Crippen molar-refractivity contribution in [2.24, 2.45) is 0 Å². The lowest BCUT2D eigenvalue weighted by molar-refractivity contribution is 0.0513. The van der Waals surface area contributed by atoms with E-state index in [1.807, 2.05) is 0 Å². The zero-order chi connectivity index (χ0) is 13.7. The molecule has 0 aromatic carbocycles. The SMILES string of the molecule is C=CCO[C@](C)(Cl)P(=O)(OC(C)C)OC(C)C. The van der Waals surface area contributed by atoms with Crippen LogP contribution in [0.2, 0.25) is 0 Å². The molecular weight excluding hydrogens is 263 g/mol. The highest BCUT2D eigenvalue weighted by molar-refractivity contribution is 7.57. The first kappa shape index (κ1) is 17.1. The van der Waals surface area contributed by atoms with E-state index in [-0.39, 0.29) is 18.8 Å². The molecule has 0 aliphatic carbocycles. The number of ether oxygens (including phenoxy) is 1. The van der Waals surface area contributed by atoms with E-state index in [1.165, 1.54) is 13.0 Å². The third kappa shape index (κ3) is 5.54. The Balaban J connectivity index is 5.00. The van der Waals surface area contributed by atoms with Crippen LogP contribution in [0.1, 0.15) is 34.6 Å². The second kappa shape index (κ2) is 6.91. The Morgan fingerprint density at radius 2 is 1.71 bits per heavy atom. The van der Waals surface area contributed by atoms with E-state index in [0.29, 0.717) is 0 Å². The molecule has 0 heterocycles. The lowest BCUT2D eigenvalue weighted by atomic mass is 10.5. The third-order valence-corrected chi connectivity index (χ3v) is 4.89. The predicted octanol–water partition coefficient (Wildman–Crippen LogP) is 4.14. The average Bonchev–Trinajstić information content (AvgIpc) is 2.11. The molecule has 0 saturated heterocycles. The van der Waals surface area contributed by atoms with Crippen LogP contribution < -0.4 is 0 Å². The van der Waals surface area contributed by atoms with Crippen molar-refractivity contribution in [2.75, 3.05) is 6.61 Å². The molecule has 0 aliphatic rings. The topological polar surface area (TPSA) is 44.8 Å². The maximum absolute atomic E-state index is 12.6. The van der Waals surface area contributed by atoms with Crippen molar-refractivity contribution in [1.82, 2.24) is 0 Å². The molecule has 17 heavy (non-hydrogen) atoms. The summed E-state index contributed by atoms with van der Waals surface area (Å²) in [6.45, 7) is 12.2. The smallest absolute Gasteiger partial charge is 0.345 e. The minimum Gasteiger partial charge on any atom is -0.345 e. The van der Waals surface area contributed by atoms with E-state index in [9.17, 15) is 4.57 Å². The fraction of sp³-hybridized carbons (Fsp3) is 0.818. The maximum Gasteiger partial charge on any atom is 0.377 e. The molecule has 0 aromatic heterocycles. The summed E-state index contributed by atoms with van der Waals surface area (Å²) in [6, 6.07) is 0. The summed E-state index contributed by atoms with van der Waals surface area (Å²) >= 11 is 6.13. The van der Waals surface area contributed by atoms with Gasteiger partial charge in [-0.25, -0.2) is 0 Å². The van der Waals surface area contributed by atoms with Gasteiger partial charge in [-0.3, -0.25) is 4.57 Å². The summed E-state index contributed by atoms with van der Waals surface area (Å²) < 4.78 is 28.6. The van der Waals surface area contributed by atoms with Crippen LogP contribution in [-0.4, -0.2) is 23.6 Å². The van der Waals surface area contributed by atoms with Gasteiger partial charge in [-0.05, 0) is 34.6 Å². The maximum atomic E-state index is 12.6. The second-order valence-electron chi connectivity index (χ2n) is 4.28. The van der Waals surface area contributed by atoms with Crippen LogP contribution >= 0.6 is 19.2 Å². The first-order chi connectivity index (χ1) is 7.64. The number of hydrogen-bond acceptors (Lipinski definition) is 4. The molecule has 0 bridgehead atoms. The molecule has 0 fully saturated rings. The zero-order valence-corrected chi connectivity index (χ0v) is 12.8. The highest BCUT2D eigenvalue weighted by Crippen LogP contribution is 2.63. The van der Waals surface area contributed by atoms with Crippen LogP contribution in [0.15, 0.2) is 12.7 Å². The van der Waals surface area contributed by atoms with Crippen molar-refractivity contribution in [3.05, 3.63) is 12.7 Å². The lowest BCUT2D eigenvalue weighted by Crippen LogP contribution is -2.27. The molecule has 0 N–H and O–H groups in total. The summed E-state index contributed by atoms with van der Waals surface area (Å²) in [5.41, 5.74) is 0. The Morgan fingerprint density at radius 1 is 1.29 bits per heavy atom. The van der Waals surface area contributed by atoms with Crippen molar-refractivity contribution in [2.45, 2.75) is 51.6 Å². The molecule has 0 saturated carbocycles. The average molecular weight is 285 g/mol. The molecule has 1 atom stereocenters. The van der Waals surface area contributed by atoms with E-state index in [2.05, 4.69) is 6.58 Å². The Morgan fingerprint density at radius 3 is 2.00 bits per heavy atom. The molecule has 4 nitrogen and oxygen atoms in total. The predicted molar refractivity (Wildman–Crippen MR) is 70.5 cm³/mol. The van der Waals surface area contributed by atoms with Gasteiger partial charge in [-0.2, -0.15) is 0 Å². The number of rotatable bonds is 8. The largest absolute Gasteiger partial charge is 0.377 e. The van der Waals surface area contributed by atoms with E-state index < -0.39 is 12.4 Å². The van der Waals surface area contributed by atoms with Crippen LogP contribution in [-0.2, 0) is 18.3 Å². The first-order valence-corrected chi connectivity index (χ1v) is 7.47. The van der Waals surface area contributed by atoms with Crippen LogP contribution in [0.3, 0.4) is 0 Å². The van der Waals surface area contributed by atoms with E-state index in [0.717, 1.165) is 0 Å². The van der Waals surface area contributed by atoms with Crippen LogP contribution in [0.4, 0.5) is 0 Å². The van der Waals surface area contributed by atoms with Gasteiger partial charge in [0.2, 0.25) is 4.80 Å². The second-order valence-corrected chi connectivity index (χ2v) is 7.53. The summed E-state index contributed by atoms with van der Waals surface area (Å²) in [5, 5.41) is 0. The van der Waals surface area contributed by atoms with Crippen LogP contribution in [0.5, 0.6) is 0 Å². The number of hydrogen-bond donors (Lipinski definition) is 0. The highest BCUT2D eigenvalue weighted by Gasteiger charge is 2.48. The quantitative estimate of drug-likeness (QED) is 0.382. The Labute approximate surface area is 109 Å². The van der Waals surface area contributed by atoms with Crippen molar-refractivity contribution < 1.29 is 18.3 Å². The first-order valence-electron chi connectivity index (χ1n) is 5.55. The molecule has 102 valence electrons. The molecule has 0 unspecified atom stereocenters. The highest BCUT2D eigenvalue weighted by atomic mass is 35.5. The van der Waals surface area contributed by atoms with Gasteiger partial charge in [0.1, 0.15) is 0 Å². The van der Waals surface area contributed by atoms with Gasteiger partial charge >= 0.3 is 7.60 Å². The fourth-order valence-electron chi connectivity index (χ4n) is 1.06. The monoisotopic (exact) mass is 284 g/mol. The van der Waals surface area contributed by atoms with Gasteiger partial charge in [-0.15, -0.1) is 6.58 Å². The van der Waals surface area contributed by atoms with Crippen molar-refractivity contribution >= 4 is 19.2 Å². The van der Waals surface area contributed by atoms with Gasteiger partial charge < -0.3 is 13.8 Å². The third-order valence-electron chi connectivity index (χ3n) is 1.65. The summed E-state index contributed by atoms with van der Waals surface area (Å²) in [6.07, 6.45) is 0.977. The standard InChI is InChI=1S/C11H22ClO4P/c1-7-8-14-11(6,12)17(13,15-9(2)3)16-10(4)5/h7,9-10H,1,8H2,2-6H3/t11-/m0/s1. The minimum absolute atomic E-state index is 0.174. The van der Waals surface area contributed by atoms with Crippen molar-refractivity contribution in [3.63, 3.8) is 0 Å². The van der Waals surface area contributed by atoms with E-state index >= 15 is 0 Å². The Kier molecular flexibility index (Phi) is 6.97. The van der Waals surface area contributed by atoms with Gasteiger partial charge in [0.05, 0.1) is 18.8 Å². The zero-order valence-electron chi connectivity index (χ0n) is 11.1. The van der Waals surface area contributed by atoms with Gasteiger partial charge in [0.25, 0.3) is 0 Å². The van der Waals surface area contributed by atoms with E-state index in [1.54, 1.807) is 27.7 Å². The minimum atomic E-state index is -3.57. The number of alkyl halides is 1. The Hall–Kier alpha value is 0.140. The lowest BCUT2D eigenvalue weighted by Gasteiger charge is -2.33. The normalized spacial score (nSPS) is 16.2. The fourth-order valence-corrected chi connectivity index (χ4v) is 3.13. The molecule has 6 heteroatoms. The van der Waals surface area contributed by atoms with Gasteiger partial charge in [0.15, 0.2) is 0 Å². The molecule has 0 aliphatic heterocycles. The number of halogens is 1. The summed E-state index contributed by atoms with van der Waals surface area (Å²) in [7, 11) is -3.57. The molecule has 0 spiro atoms. The van der Waals surface area contributed by atoms with Crippen molar-refractivity contribution in [1.29, 1.82) is 0 Å². The molecule has 0 radical (unpaired) electrons. The summed E-state index contributed by atoms with van der Waals surface area (Å²) in [4.78, 5) is -1.52.